The zero-order chi connectivity index (χ0) is 32.0. The topological polar surface area (TPSA) is 81.7 Å². The SMILES string of the molecule is O=C(OCCOCCOCCOCCOCCOCCOC(c1ccccc1)(c1ccccc1)c1ccccc1)c1ccccc1. The molecular weight excluding hydrogens is 584 g/mol. The zero-order valence-corrected chi connectivity index (χ0v) is 26.3. The summed E-state index contributed by atoms with van der Waals surface area (Å²) >= 11 is 0. The van der Waals surface area contributed by atoms with Crippen molar-refractivity contribution in [3.05, 3.63) is 144 Å². The van der Waals surface area contributed by atoms with E-state index in [-0.39, 0.29) is 12.6 Å². The van der Waals surface area contributed by atoms with E-state index in [9.17, 15) is 4.79 Å². The highest BCUT2D eigenvalue weighted by molar-refractivity contribution is 5.89. The smallest absolute Gasteiger partial charge is 0.338 e. The first-order chi connectivity index (χ1) is 22.8. The van der Waals surface area contributed by atoms with Crippen LogP contribution in [0.5, 0.6) is 0 Å². The molecule has 0 fully saturated rings. The Bertz CT molecular complexity index is 1240. The lowest BCUT2D eigenvalue weighted by atomic mass is 9.80. The first kappa shape index (κ1) is 35.0. The maximum Gasteiger partial charge on any atom is 0.338 e. The standard InChI is InChI=1S/C38H44O8/c39-37(33-13-5-1-6-14-33)45-31-29-43-27-25-41-23-21-40-22-24-42-26-28-44-30-32-46-38(34-15-7-2-8-16-34,35-17-9-3-10-18-35)36-19-11-4-12-20-36/h1-20H,21-32H2. The van der Waals surface area contributed by atoms with Crippen molar-refractivity contribution in [3.63, 3.8) is 0 Å². The Morgan fingerprint density at radius 2 is 0.696 bits per heavy atom. The molecule has 0 aliphatic carbocycles. The number of carbonyl (C=O) groups is 1. The van der Waals surface area contributed by atoms with E-state index < -0.39 is 5.60 Å². The van der Waals surface area contributed by atoms with Gasteiger partial charge in [-0.3, -0.25) is 0 Å². The van der Waals surface area contributed by atoms with Crippen LogP contribution in [0.3, 0.4) is 0 Å². The molecule has 0 amide bonds. The fraction of sp³-hybridized carbons (Fsp3) is 0.342. The van der Waals surface area contributed by atoms with Crippen LogP contribution >= 0.6 is 0 Å². The lowest BCUT2D eigenvalue weighted by Crippen LogP contribution is -2.34. The summed E-state index contributed by atoms with van der Waals surface area (Å²) in [6.45, 7) is 5.06. The van der Waals surface area contributed by atoms with Crippen molar-refractivity contribution in [2.24, 2.45) is 0 Å². The highest BCUT2D eigenvalue weighted by Crippen LogP contribution is 2.40. The predicted octanol–water partition coefficient (Wildman–Crippen LogP) is 5.94. The van der Waals surface area contributed by atoms with Crippen LogP contribution in [0.1, 0.15) is 27.0 Å². The average Bonchev–Trinajstić information content (AvgIpc) is 3.12. The Hall–Kier alpha value is -3.89. The zero-order valence-electron chi connectivity index (χ0n) is 26.3. The molecule has 0 spiro atoms. The summed E-state index contributed by atoms with van der Waals surface area (Å²) in [5, 5.41) is 0. The van der Waals surface area contributed by atoms with Crippen molar-refractivity contribution >= 4 is 5.97 Å². The second-order valence-electron chi connectivity index (χ2n) is 10.2. The molecule has 8 nitrogen and oxygen atoms in total. The summed E-state index contributed by atoms with van der Waals surface area (Å²) in [6.07, 6.45) is 0. The van der Waals surface area contributed by atoms with Gasteiger partial charge in [0, 0.05) is 0 Å². The van der Waals surface area contributed by atoms with Gasteiger partial charge >= 0.3 is 5.97 Å². The molecular formula is C38H44O8. The highest BCUT2D eigenvalue weighted by Gasteiger charge is 2.37. The van der Waals surface area contributed by atoms with Crippen molar-refractivity contribution < 1.29 is 38.0 Å². The van der Waals surface area contributed by atoms with Gasteiger partial charge < -0.3 is 33.2 Å². The maximum atomic E-state index is 11.8. The van der Waals surface area contributed by atoms with Gasteiger partial charge in [-0.1, -0.05) is 109 Å². The average molecular weight is 629 g/mol. The maximum absolute atomic E-state index is 11.8. The normalized spacial score (nSPS) is 11.4. The molecule has 0 radical (unpaired) electrons. The van der Waals surface area contributed by atoms with Crippen molar-refractivity contribution in [3.8, 4) is 0 Å². The number of benzene rings is 4. The molecule has 0 saturated heterocycles. The summed E-state index contributed by atoms with van der Waals surface area (Å²) in [4.78, 5) is 11.8. The largest absolute Gasteiger partial charge is 0.460 e. The predicted molar refractivity (Wildman–Crippen MR) is 176 cm³/mol. The second-order valence-corrected chi connectivity index (χ2v) is 10.2. The third-order valence-corrected chi connectivity index (χ3v) is 7.05. The third-order valence-electron chi connectivity index (χ3n) is 7.05. The quantitative estimate of drug-likeness (QED) is 0.0568. The first-order valence-electron chi connectivity index (χ1n) is 15.7. The summed E-state index contributed by atoms with van der Waals surface area (Å²) in [5.41, 5.74) is 2.96. The van der Waals surface area contributed by atoms with E-state index in [1.165, 1.54) is 0 Å². The second kappa shape index (κ2) is 21.0. The van der Waals surface area contributed by atoms with Gasteiger partial charge in [-0.2, -0.15) is 0 Å². The van der Waals surface area contributed by atoms with Crippen LogP contribution in [0.25, 0.3) is 0 Å². The van der Waals surface area contributed by atoms with E-state index in [2.05, 4.69) is 36.4 Å². The molecule has 4 rings (SSSR count). The number of ether oxygens (including phenoxy) is 7. The molecule has 0 atom stereocenters. The fourth-order valence-electron chi connectivity index (χ4n) is 4.85. The summed E-state index contributed by atoms with van der Waals surface area (Å²) in [6, 6.07) is 39.8. The molecule has 0 aliphatic heterocycles. The molecule has 0 unspecified atom stereocenters. The van der Waals surface area contributed by atoms with Gasteiger partial charge in [0.25, 0.3) is 0 Å². The minimum atomic E-state index is -0.753. The summed E-state index contributed by atoms with van der Waals surface area (Å²) in [5.74, 6) is -0.354. The molecule has 244 valence electrons. The highest BCUT2D eigenvalue weighted by atomic mass is 16.6. The van der Waals surface area contributed by atoms with Crippen LogP contribution in [0, 0.1) is 0 Å². The minimum Gasteiger partial charge on any atom is -0.460 e. The van der Waals surface area contributed by atoms with Gasteiger partial charge in [0.15, 0.2) is 0 Å². The van der Waals surface area contributed by atoms with Crippen molar-refractivity contribution in [2.45, 2.75) is 5.60 Å². The lowest BCUT2D eigenvalue weighted by molar-refractivity contribution is -0.0393. The number of hydrogen-bond acceptors (Lipinski definition) is 8. The number of esters is 1. The lowest BCUT2D eigenvalue weighted by Gasteiger charge is -2.36. The molecule has 0 aromatic heterocycles. The van der Waals surface area contributed by atoms with Gasteiger partial charge in [0.2, 0.25) is 0 Å². The van der Waals surface area contributed by atoms with E-state index in [4.69, 9.17) is 33.2 Å². The Balaban J connectivity index is 1.01. The number of hydrogen-bond donors (Lipinski definition) is 0. The molecule has 0 bridgehead atoms. The summed E-state index contributed by atoms with van der Waals surface area (Å²) in [7, 11) is 0. The molecule has 0 heterocycles. The molecule has 0 N–H and O–H groups in total. The van der Waals surface area contributed by atoms with E-state index in [1.807, 2.05) is 60.7 Å². The molecule has 0 aliphatic rings. The van der Waals surface area contributed by atoms with Gasteiger partial charge in [0.05, 0.1) is 78.2 Å². The molecule has 8 heteroatoms. The fourth-order valence-corrected chi connectivity index (χ4v) is 4.85. The van der Waals surface area contributed by atoms with Crippen LogP contribution in [0.4, 0.5) is 0 Å². The van der Waals surface area contributed by atoms with Crippen LogP contribution in [-0.2, 0) is 38.8 Å². The summed E-state index contributed by atoms with van der Waals surface area (Å²) < 4.78 is 39.8. The van der Waals surface area contributed by atoms with Gasteiger partial charge in [0.1, 0.15) is 12.2 Å². The Morgan fingerprint density at radius 3 is 1.07 bits per heavy atom. The monoisotopic (exact) mass is 628 g/mol. The van der Waals surface area contributed by atoms with Crippen molar-refractivity contribution in [1.82, 2.24) is 0 Å². The van der Waals surface area contributed by atoms with E-state index >= 15 is 0 Å². The van der Waals surface area contributed by atoms with Crippen LogP contribution in [-0.4, -0.2) is 85.3 Å². The van der Waals surface area contributed by atoms with Crippen molar-refractivity contribution in [1.29, 1.82) is 0 Å². The number of rotatable bonds is 23. The van der Waals surface area contributed by atoms with E-state index in [0.29, 0.717) is 78.2 Å². The van der Waals surface area contributed by atoms with Crippen LogP contribution in [0.2, 0.25) is 0 Å². The van der Waals surface area contributed by atoms with Crippen molar-refractivity contribution in [2.75, 3.05) is 79.3 Å². The Morgan fingerprint density at radius 1 is 0.391 bits per heavy atom. The van der Waals surface area contributed by atoms with Gasteiger partial charge in [-0.15, -0.1) is 0 Å². The van der Waals surface area contributed by atoms with E-state index in [1.54, 1.807) is 24.3 Å². The Labute approximate surface area is 272 Å². The minimum absolute atomic E-state index is 0.202. The first-order valence-corrected chi connectivity index (χ1v) is 15.7. The third kappa shape index (κ3) is 11.5. The molecule has 4 aromatic rings. The van der Waals surface area contributed by atoms with Gasteiger partial charge in [-0.25, -0.2) is 4.79 Å². The number of carbonyl (C=O) groups excluding carboxylic acids is 1. The van der Waals surface area contributed by atoms with Gasteiger partial charge in [-0.05, 0) is 28.8 Å². The Kier molecular flexibility index (Phi) is 16.0. The molecule has 4 aromatic carbocycles. The molecule has 46 heavy (non-hydrogen) atoms. The van der Waals surface area contributed by atoms with Crippen LogP contribution in [0.15, 0.2) is 121 Å². The molecule has 0 saturated carbocycles. The van der Waals surface area contributed by atoms with E-state index in [0.717, 1.165) is 16.7 Å². The van der Waals surface area contributed by atoms with Crippen LogP contribution < -0.4 is 0 Å².